The van der Waals surface area contributed by atoms with Crippen molar-refractivity contribution in [2.45, 2.75) is 6.54 Å². The normalized spacial score (nSPS) is 14.1. The lowest BCUT2D eigenvalue weighted by Gasteiger charge is -2.20. The summed E-state index contributed by atoms with van der Waals surface area (Å²) in [5, 5.41) is 5.09. The number of hydrogen-bond donors (Lipinski definition) is 0. The highest BCUT2D eigenvalue weighted by Gasteiger charge is 2.23. The number of fused-ring (bicyclic) bond motifs is 1. The van der Waals surface area contributed by atoms with Crippen molar-refractivity contribution in [3.05, 3.63) is 77.1 Å². The summed E-state index contributed by atoms with van der Waals surface area (Å²) in [7, 11) is 2.06. The Kier molecular flexibility index (Phi) is 4.39. The zero-order valence-corrected chi connectivity index (χ0v) is 15.2. The summed E-state index contributed by atoms with van der Waals surface area (Å²) in [5.41, 5.74) is 3.59. The highest BCUT2D eigenvalue weighted by atomic mass is 35.5. The molecule has 0 N–H and O–H groups in total. The van der Waals surface area contributed by atoms with E-state index < -0.39 is 0 Å². The van der Waals surface area contributed by atoms with Gasteiger partial charge in [-0.3, -0.25) is 4.79 Å². The van der Waals surface area contributed by atoms with E-state index in [4.69, 9.17) is 11.6 Å². The van der Waals surface area contributed by atoms with Gasteiger partial charge < -0.3 is 9.80 Å². The summed E-state index contributed by atoms with van der Waals surface area (Å²) in [5.74, 6) is -0.0594. The van der Waals surface area contributed by atoms with Gasteiger partial charge in [-0.05, 0) is 35.9 Å². The Hall–Kier alpha value is -2.79. The monoisotopic (exact) mass is 366 g/mol. The van der Waals surface area contributed by atoms with Crippen LogP contribution in [0.3, 0.4) is 0 Å². The van der Waals surface area contributed by atoms with Crippen LogP contribution in [0, 0.1) is 0 Å². The molecule has 132 valence electrons. The lowest BCUT2D eigenvalue weighted by molar-refractivity contribution is 0.0745. The van der Waals surface area contributed by atoms with E-state index in [0.29, 0.717) is 23.8 Å². The molecule has 0 bridgehead atoms. The number of hydrogen-bond acceptors (Lipinski definition) is 3. The second-order valence-electron chi connectivity index (χ2n) is 6.40. The Labute approximate surface area is 157 Å². The zero-order chi connectivity index (χ0) is 18.1. The molecule has 0 fully saturated rings. The number of carbonyl (C=O) groups excluding carboxylic acids is 1. The van der Waals surface area contributed by atoms with E-state index in [9.17, 15) is 4.79 Å². The van der Waals surface area contributed by atoms with Crippen LogP contribution in [0.25, 0.3) is 5.69 Å². The first-order chi connectivity index (χ1) is 12.6. The van der Waals surface area contributed by atoms with E-state index in [1.807, 2.05) is 41.3 Å². The first kappa shape index (κ1) is 16.7. The SMILES string of the molecule is CN1CCN(C(=O)c2ccn(-c3cccc(Cl)c3)n2)Cc2ccccc21. The van der Waals surface area contributed by atoms with Crippen LogP contribution in [-0.2, 0) is 6.54 Å². The smallest absolute Gasteiger partial charge is 0.274 e. The van der Waals surface area contributed by atoms with Crippen LogP contribution >= 0.6 is 11.6 Å². The van der Waals surface area contributed by atoms with Gasteiger partial charge in [-0.2, -0.15) is 5.10 Å². The Morgan fingerprint density at radius 3 is 2.77 bits per heavy atom. The van der Waals surface area contributed by atoms with Crippen molar-refractivity contribution >= 4 is 23.2 Å². The molecule has 4 rings (SSSR count). The van der Waals surface area contributed by atoms with Crippen molar-refractivity contribution < 1.29 is 4.79 Å². The van der Waals surface area contributed by atoms with E-state index in [-0.39, 0.29) is 5.91 Å². The molecule has 1 aliphatic rings. The molecule has 1 aliphatic heterocycles. The molecule has 0 spiro atoms. The summed E-state index contributed by atoms with van der Waals surface area (Å²) in [6, 6.07) is 17.4. The van der Waals surface area contributed by atoms with Crippen LogP contribution in [0.5, 0.6) is 0 Å². The van der Waals surface area contributed by atoms with E-state index in [2.05, 4.69) is 29.2 Å². The van der Waals surface area contributed by atoms with Crippen molar-refractivity contribution in [2.24, 2.45) is 0 Å². The molecule has 5 nitrogen and oxygen atoms in total. The van der Waals surface area contributed by atoms with E-state index in [0.717, 1.165) is 17.8 Å². The lowest BCUT2D eigenvalue weighted by atomic mass is 10.1. The average Bonchev–Trinajstić information content (AvgIpc) is 3.08. The number of carbonyl (C=O) groups is 1. The number of amides is 1. The van der Waals surface area contributed by atoms with Crippen molar-refractivity contribution in [2.75, 3.05) is 25.0 Å². The van der Waals surface area contributed by atoms with Crippen molar-refractivity contribution in [3.63, 3.8) is 0 Å². The molecule has 2 heterocycles. The highest BCUT2D eigenvalue weighted by Crippen LogP contribution is 2.24. The third kappa shape index (κ3) is 3.18. The molecule has 1 aromatic heterocycles. The standard InChI is InChI=1S/C20H19ClN4O/c1-23-11-12-24(14-15-5-2-3-8-19(15)23)20(26)18-9-10-25(22-18)17-7-4-6-16(21)13-17/h2-10,13H,11-12,14H2,1H3. The summed E-state index contributed by atoms with van der Waals surface area (Å²) < 4.78 is 1.68. The number of benzene rings is 2. The van der Waals surface area contributed by atoms with Crippen molar-refractivity contribution in [1.29, 1.82) is 0 Å². The molecule has 2 aromatic carbocycles. The molecule has 0 atom stereocenters. The maximum atomic E-state index is 13.0. The van der Waals surface area contributed by atoms with Gasteiger partial charge in [0.1, 0.15) is 0 Å². The van der Waals surface area contributed by atoms with E-state index in [1.54, 1.807) is 16.9 Å². The van der Waals surface area contributed by atoms with Gasteiger partial charge in [-0.25, -0.2) is 4.68 Å². The van der Waals surface area contributed by atoms with Gasteiger partial charge in [0.2, 0.25) is 0 Å². The highest BCUT2D eigenvalue weighted by molar-refractivity contribution is 6.30. The number of aromatic nitrogens is 2. The summed E-state index contributed by atoms with van der Waals surface area (Å²) in [6.45, 7) is 2.04. The zero-order valence-electron chi connectivity index (χ0n) is 14.5. The number of nitrogens with zero attached hydrogens (tertiary/aromatic N) is 4. The lowest BCUT2D eigenvalue weighted by Crippen LogP contribution is -2.34. The van der Waals surface area contributed by atoms with Crippen molar-refractivity contribution in [1.82, 2.24) is 14.7 Å². The first-order valence-corrected chi connectivity index (χ1v) is 8.89. The van der Waals surface area contributed by atoms with Crippen LogP contribution in [0.2, 0.25) is 5.02 Å². The first-order valence-electron chi connectivity index (χ1n) is 8.52. The average molecular weight is 367 g/mol. The predicted molar refractivity (Wildman–Crippen MR) is 103 cm³/mol. The molecule has 0 saturated heterocycles. The summed E-state index contributed by atoms with van der Waals surface area (Å²) in [4.78, 5) is 17.0. The van der Waals surface area contributed by atoms with Gasteiger partial charge in [0.05, 0.1) is 5.69 Å². The van der Waals surface area contributed by atoms with Crippen LogP contribution in [0.1, 0.15) is 16.1 Å². The van der Waals surface area contributed by atoms with Gasteiger partial charge in [0.15, 0.2) is 5.69 Å². The molecular weight excluding hydrogens is 348 g/mol. The van der Waals surface area contributed by atoms with Crippen LogP contribution in [0.15, 0.2) is 60.8 Å². The number of anilines is 1. The second kappa shape index (κ2) is 6.84. The largest absolute Gasteiger partial charge is 0.373 e. The Bertz CT molecular complexity index is 952. The molecular formula is C20H19ClN4O. The quantitative estimate of drug-likeness (QED) is 0.695. The van der Waals surface area contributed by atoms with Gasteiger partial charge in [-0.1, -0.05) is 35.9 Å². The fraction of sp³-hybridized carbons (Fsp3) is 0.200. The Morgan fingerprint density at radius 2 is 1.92 bits per heavy atom. The molecule has 0 unspecified atom stereocenters. The molecule has 26 heavy (non-hydrogen) atoms. The number of rotatable bonds is 2. The van der Waals surface area contributed by atoms with E-state index >= 15 is 0 Å². The molecule has 3 aromatic rings. The molecule has 0 saturated carbocycles. The predicted octanol–water partition coefficient (Wildman–Crippen LogP) is 3.62. The minimum absolute atomic E-state index is 0.0594. The Balaban J connectivity index is 1.59. The van der Waals surface area contributed by atoms with E-state index in [1.165, 1.54) is 5.69 Å². The maximum Gasteiger partial charge on any atom is 0.274 e. The second-order valence-corrected chi connectivity index (χ2v) is 6.84. The van der Waals surface area contributed by atoms with Gasteiger partial charge in [0, 0.05) is 43.6 Å². The van der Waals surface area contributed by atoms with Crippen LogP contribution < -0.4 is 4.90 Å². The van der Waals surface area contributed by atoms with Crippen LogP contribution in [-0.4, -0.2) is 40.7 Å². The number of likely N-dealkylation sites (N-methyl/N-ethyl adjacent to an activating group) is 1. The molecule has 6 heteroatoms. The van der Waals surface area contributed by atoms with Crippen molar-refractivity contribution in [3.8, 4) is 5.69 Å². The van der Waals surface area contributed by atoms with Gasteiger partial charge >= 0.3 is 0 Å². The minimum atomic E-state index is -0.0594. The Morgan fingerprint density at radius 1 is 1.08 bits per heavy atom. The molecule has 0 aliphatic carbocycles. The summed E-state index contributed by atoms with van der Waals surface area (Å²) >= 11 is 6.04. The fourth-order valence-corrected chi connectivity index (χ4v) is 3.41. The number of para-hydroxylation sites is 1. The third-order valence-electron chi connectivity index (χ3n) is 4.64. The molecule has 1 amide bonds. The summed E-state index contributed by atoms with van der Waals surface area (Å²) in [6.07, 6.45) is 1.79. The number of halogens is 1. The van der Waals surface area contributed by atoms with Crippen LogP contribution in [0.4, 0.5) is 5.69 Å². The van der Waals surface area contributed by atoms with Gasteiger partial charge in [-0.15, -0.1) is 0 Å². The third-order valence-corrected chi connectivity index (χ3v) is 4.87. The fourth-order valence-electron chi connectivity index (χ4n) is 3.23. The molecule has 0 radical (unpaired) electrons. The topological polar surface area (TPSA) is 41.4 Å². The van der Waals surface area contributed by atoms with Gasteiger partial charge in [0.25, 0.3) is 5.91 Å². The maximum absolute atomic E-state index is 13.0. The minimum Gasteiger partial charge on any atom is -0.373 e.